The van der Waals surface area contributed by atoms with Gasteiger partial charge in [0.05, 0.1) is 19.0 Å². The van der Waals surface area contributed by atoms with Gasteiger partial charge in [-0.3, -0.25) is 14.5 Å². The largest absolute Gasteiger partial charge is 0.385 e. The lowest BCUT2D eigenvalue weighted by atomic mass is 9.99. The van der Waals surface area contributed by atoms with Crippen LogP contribution in [0, 0.1) is 11.7 Å². The third kappa shape index (κ3) is 10.2. The van der Waals surface area contributed by atoms with E-state index in [-0.39, 0.29) is 48.3 Å². The average molecular weight is 501 g/mol. The van der Waals surface area contributed by atoms with Crippen LogP contribution < -0.4 is 11.1 Å². The van der Waals surface area contributed by atoms with E-state index in [1.54, 1.807) is 13.2 Å². The van der Waals surface area contributed by atoms with Crippen LogP contribution in [0.3, 0.4) is 0 Å². The molecular formula is C28H41FN4O3. The molecule has 0 saturated carbocycles. The highest BCUT2D eigenvalue weighted by atomic mass is 19.1. The second kappa shape index (κ2) is 16.4. The van der Waals surface area contributed by atoms with Crippen LogP contribution in [0.2, 0.25) is 0 Å². The van der Waals surface area contributed by atoms with Gasteiger partial charge in [-0.2, -0.15) is 0 Å². The van der Waals surface area contributed by atoms with Crippen molar-refractivity contribution in [1.29, 1.82) is 0 Å². The number of ether oxygens (including phenoxy) is 1. The Labute approximate surface area is 214 Å². The number of carbonyl (C=O) groups excluding carboxylic acids is 2. The molecule has 2 amide bonds. The van der Waals surface area contributed by atoms with E-state index in [0.29, 0.717) is 12.1 Å². The summed E-state index contributed by atoms with van der Waals surface area (Å²) in [5, 5.41) is 2.77. The summed E-state index contributed by atoms with van der Waals surface area (Å²) in [4.78, 5) is 30.6. The van der Waals surface area contributed by atoms with Gasteiger partial charge in [0.25, 0.3) is 5.91 Å². The quantitative estimate of drug-likeness (QED) is 0.539. The summed E-state index contributed by atoms with van der Waals surface area (Å²) in [7, 11) is 1.71. The highest BCUT2D eigenvalue weighted by molar-refractivity contribution is 5.98. The summed E-state index contributed by atoms with van der Waals surface area (Å²) in [5.74, 6) is -0.767. The van der Waals surface area contributed by atoms with Crippen molar-refractivity contribution in [3.05, 3.63) is 71.0 Å². The van der Waals surface area contributed by atoms with Gasteiger partial charge < -0.3 is 15.8 Å². The Kier molecular flexibility index (Phi) is 14.0. The van der Waals surface area contributed by atoms with Crippen LogP contribution in [0.15, 0.2) is 53.5 Å². The van der Waals surface area contributed by atoms with Gasteiger partial charge in [0, 0.05) is 25.8 Å². The van der Waals surface area contributed by atoms with Gasteiger partial charge in [-0.25, -0.2) is 9.38 Å². The van der Waals surface area contributed by atoms with Gasteiger partial charge in [-0.1, -0.05) is 65.0 Å². The molecule has 0 spiro atoms. The van der Waals surface area contributed by atoms with Crippen LogP contribution >= 0.6 is 0 Å². The predicted octanol–water partition coefficient (Wildman–Crippen LogP) is 4.90. The summed E-state index contributed by atoms with van der Waals surface area (Å²) in [6.45, 7) is 11.3. The fourth-order valence-corrected chi connectivity index (χ4v) is 3.40. The maximum Gasteiger partial charge on any atom is 0.251 e. The first-order chi connectivity index (χ1) is 17.2. The zero-order chi connectivity index (χ0) is 27.1. The zero-order valence-electron chi connectivity index (χ0n) is 22.4. The molecule has 3 rings (SSSR count). The average Bonchev–Trinajstić information content (AvgIpc) is 2.87. The molecular weight excluding hydrogens is 459 g/mol. The maximum atomic E-state index is 14.1. The third-order valence-corrected chi connectivity index (χ3v) is 5.29. The Morgan fingerprint density at radius 1 is 1.19 bits per heavy atom. The van der Waals surface area contributed by atoms with E-state index in [4.69, 9.17) is 10.5 Å². The number of nitrogens with one attached hydrogen (secondary N) is 1. The Morgan fingerprint density at radius 3 is 2.39 bits per heavy atom. The van der Waals surface area contributed by atoms with E-state index in [9.17, 15) is 14.0 Å². The Hall–Kier alpha value is -3.26. The van der Waals surface area contributed by atoms with Crippen molar-refractivity contribution >= 4 is 17.8 Å². The van der Waals surface area contributed by atoms with Crippen LogP contribution in [-0.4, -0.2) is 42.4 Å². The van der Waals surface area contributed by atoms with Crippen LogP contribution in [0.4, 0.5) is 4.39 Å². The molecule has 198 valence electrons. The molecule has 0 radical (unpaired) electrons. The molecule has 7 nitrogen and oxygen atoms in total. The van der Waals surface area contributed by atoms with Crippen molar-refractivity contribution in [1.82, 2.24) is 10.2 Å². The molecule has 3 N–H and O–H groups in total. The third-order valence-electron chi connectivity index (χ3n) is 5.29. The molecule has 2 aromatic carbocycles. The lowest BCUT2D eigenvalue weighted by Crippen LogP contribution is -2.47. The number of nitrogens with zero attached hydrogens (tertiary/aromatic N) is 2. The SMILES string of the molecule is CC.CC(C)C1CC(=O)N(Cc2cc(F)cc(C(=O)NCc3ccccc3)c2)C(N)=N1.CCCOC. The lowest BCUT2D eigenvalue weighted by Gasteiger charge is -2.30. The number of methoxy groups -OCH3 is 1. The maximum absolute atomic E-state index is 14.1. The van der Waals surface area contributed by atoms with Crippen LogP contribution in [0.5, 0.6) is 0 Å². The lowest BCUT2D eigenvalue weighted by molar-refractivity contribution is -0.129. The minimum atomic E-state index is -0.549. The van der Waals surface area contributed by atoms with Crippen molar-refractivity contribution < 1.29 is 18.7 Å². The number of nitrogens with two attached hydrogens (primary N) is 1. The molecule has 1 atom stereocenters. The molecule has 0 aromatic heterocycles. The number of halogens is 1. The molecule has 1 aliphatic rings. The first kappa shape index (κ1) is 30.8. The number of benzene rings is 2. The summed E-state index contributed by atoms with van der Waals surface area (Å²) >= 11 is 0. The molecule has 0 bridgehead atoms. The van der Waals surface area contributed by atoms with E-state index in [1.165, 1.54) is 17.0 Å². The number of hydrogen-bond donors (Lipinski definition) is 2. The highest BCUT2D eigenvalue weighted by Crippen LogP contribution is 2.20. The van der Waals surface area contributed by atoms with E-state index in [0.717, 1.165) is 18.6 Å². The van der Waals surface area contributed by atoms with E-state index < -0.39 is 5.82 Å². The van der Waals surface area contributed by atoms with Crippen LogP contribution in [0.1, 0.15) is 68.9 Å². The summed E-state index contributed by atoms with van der Waals surface area (Å²) < 4.78 is 18.8. The molecule has 1 aliphatic heterocycles. The Morgan fingerprint density at radius 2 is 1.86 bits per heavy atom. The number of carbonyl (C=O) groups is 2. The Balaban J connectivity index is 0.000000826. The Bertz CT molecular complexity index is 978. The van der Waals surface area contributed by atoms with Gasteiger partial charge in [0.15, 0.2) is 5.96 Å². The van der Waals surface area contributed by atoms with Crippen molar-refractivity contribution in [2.45, 2.75) is 66.6 Å². The summed E-state index contributed by atoms with van der Waals surface area (Å²) in [6.07, 6.45) is 1.38. The summed E-state index contributed by atoms with van der Waals surface area (Å²) in [5.41, 5.74) is 7.59. The number of aliphatic imine (C=N–C) groups is 1. The fourth-order valence-electron chi connectivity index (χ4n) is 3.40. The van der Waals surface area contributed by atoms with E-state index >= 15 is 0 Å². The minimum Gasteiger partial charge on any atom is -0.385 e. The van der Waals surface area contributed by atoms with E-state index in [2.05, 4.69) is 17.2 Å². The molecule has 1 heterocycles. The first-order valence-corrected chi connectivity index (χ1v) is 12.5. The number of amides is 2. The smallest absolute Gasteiger partial charge is 0.251 e. The van der Waals surface area contributed by atoms with Crippen molar-refractivity contribution in [3.63, 3.8) is 0 Å². The van der Waals surface area contributed by atoms with Crippen LogP contribution in [-0.2, 0) is 22.6 Å². The molecule has 0 saturated heterocycles. The normalized spacial score (nSPS) is 14.8. The van der Waals surface area contributed by atoms with Gasteiger partial charge in [-0.05, 0) is 41.7 Å². The number of hydrogen-bond acceptors (Lipinski definition) is 5. The molecule has 1 unspecified atom stereocenters. The topological polar surface area (TPSA) is 97.0 Å². The zero-order valence-corrected chi connectivity index (χ0v) is 22.4. The minimum absolute atomic E-state index is 0.0652. The van der Waals surface area contributed by atoms with Gasteiger partial charge in [-0.15, -0.1) is 0 Å². The number of rotatable bonds is 8. The van der Waals surface area contributed by atoms with Crippen LogP contribution in [0.25, 0.3) is 0 Å². The summed E-state index contributed by atoms with van der Waals surface area (Å²) in [6, 6.07) is 13.3. The molecule has 8 heteroatoms. The molecule has 0 fully saturated rings. The predicted molar refractivity (Wildman–Crippen MR) is 143 cm³/mol. The number of guanidine groups is 1. The van der Waals surface area contributed by atoms with Gasteiger partial charge in [0.2, 0.25) is 5.91 Å². The molecule has 2 aromatic rings. The van der Waals surface area contributed by atoms with Crippen molar-refractivity contribution in [2.24, 2.45) is 16.6 Å². The monoisotopic (exact) mass is 500 g/mol. The highest BCUT2D eigenvalue weighted by Gasteiger charge is 2.29. The second-order valence-electron chi connectivity index (χ2n) is 8.49. The van der Waals surface area contributed by atoms with Gasteiger partial charge >= 0.3 is 0 Å². The first-order valence-electron chi connectivity index (χ1n) is 12.5. The standard InChI is InChI=1S/C22H25FN4O2.C4H10O.C2H6/c1-14(2)19-11-20(28)27(22(24)26-19)13-16-8-17(10-18(23)9-16)21(29)25-12-15-6-4-3-5-7-15;1-3-4-5-2;1-2/h3-10,14,19H,11-13H2,1-2H3,(H2,24,26)(H,25,29);3-4H2,1-2H3;1-2H3. The van der Waals surface area contributed by atoms with E-state index in [1.807, 2.05) is 58.0 Å². The van der Waals surface area contributed by atoms with Crippen molar-refractivity contribution in [3.8, 4) is 0 Å². The second-order valence-corrected chi connectivity index (χ2v) is 8.49. The van der Waals surface area contributed by atoms with Gasteiger partial charge in [0.1, 0.15) is 5.82 Å². The van der Waals surface area contributed by atoms with Crippen molar-refractivity contribution in [2.75, 3.05) is 13.7 Å². The fraction of sp³-hybridized carbons (Fsp3) is 0.464. The molecule has 36 heavy (non-hydrogen) atoms. The molecule has 0 aliphatic carbocycles.